The number of nitrogens with one attached hydrogen (secondary N) is 1. The first-order valence-electron chi connectivity index (χ1n) is 6.53. The Hall–Kier alpha value is -0.630. The molecule has 0 atom stereocenters. The van der Waals surface area contributed by atoms with Crippen LogP contribution in [0.5, 0.6) is 0 Å². The Morgan fingerprint density at radius 2 is 2.00 bits per heavy atom. The lowest BCUT2D eigenvalue weighted by molar-refractivity contribution is -0.119. The molecule has 0 radical (unpaired) electrons. The molecule has 1 fully saturated rings. The standard InChI is InChI=1S/C13H16BrClN2O3S/c1-9(18)16-11-4-6-17(7-5-11)21(19,20)13-3-2-10(14)8-12(13)15/h2-3,8,11H,4-7H2,1H3,(H,16,18). The van der Waals surface area contributed by atoms with E-state index in [0.717, 1.165) is 4.47 Å². The lowest BCUT2D eigenvalue weighted by Gasteiger charge is -2.31. The number of carbonyl (C=O) groups excluding carboxylic acids is 1. The fourth-order valence-corrected chi connectivity index (χ4v) is 4.83. The summed E-state index contributed by atoms with van der Waals surface area (Å²) in [5.41, 5.74) is 0. The van der Waals surface area contributed by atoms with Gasteiger partial charge in [-0.2, -0.15) is 4.31 Å². The number of benzene rings is 1. The smallest absolute Gasteiger partial charge is 0.244 e. The van der Waals surface area contributed by atoms with Gasteiger partial charge in [0.2, 0.25) is 15.9 Å². The molecule has 116 valence electrons. The Labute approximate surface area is 137 Å². The van der Waals surface area contributed by atoms with E-state index >= 15 is 0 Å². The highest BCUT2D eigenvalue weighted by Crippen LogP contribution is 2.29. The summed E-state index contributed by atoms with van der Waals surface area (Å²) in [7, 11) is -3.59. The van der Waals surface area contributed by atoms with Crippen LogP contribution in [0.25, 0.3) is 0 Å². The summed E-state index contributed by atoms with van der Waals surface area (Å²) in [6, 6.07) is 4.76. The molecule has 1 aromatic rings. The van der Waals surface area contributed by atoms with Crippen LogP contribution in [0.15, 0.2) is 27.6 Å². The third-order valence-electron chi connectivity index (χ3n) is 3.37. The highest BCUT2D eigenvalue weighted by atomic mass is 79.9. The van der Waals surface area contributed by atoms with Crippen LogP contribution in [0.3, 0.4) is 0 Å². The van der Waals surface area contributed by atoms with Gasteiger partial charge >= 0.3 is 0 Å². The number of rotatable bonds is 3. The van der Waals surface area contributed by atoms with Gasteiger partial charge in [0.1, 0.15) is 4.90 Å². The fraction of sp³-hybridized carbons (Fsp3) is 0.462. The van der Waals surface area contributed by atoms with Crippen molar-refractivity contribution in [3.63, 3.8) is 0 Å². The van der Waals surface area contributed by atoms with Gasteiger partial charge < -0.3 is 5.32 Å². The van der Waals surface area contributed by atoms with E-state index in [2.05, 4.69) is 21.2 Å². The number of hydrogen-bond donors (Lipinski definition) is 1. The second kappa shape index (κ2) is 6.64. The molecule has 0 saturated carbocycles. The summed E-state index contributed by atoms with van der Waals surface area (Å²) in [5.74, 6) is -0.0905. The Morgan fingerprint density at radius 1 is 1.38 bits per heavy atom. The summed E-state index contributed by atoms with van der Waals surface area (Å²) in [6.07, 6.45) is 1.21. The van der Waals surface area contributed by atoms with Crippen LogP contribution in [0.1, 0.15) is 19.8 Å². The second-order valence-electron chi connectivity index (χ2n) is 4.95. The number of nitrogens with zero attached hydrogens (tertiary/aromatic N) is 1. The van der Waals surface area contributed by atoms with Gasteiger partial charge in [-0.1, -0.05) is 27.5 Å². The number of sulfonamides is 1. The molecule has 0 bridgehead atoms. The van der Waals surface area contributed by atoms with Crippen LogP contribution in [-0.4, -0.2) is 37.8 Å². The molecular weight excluding hydrogens is 380 g/mol. The summed E-state index contributed by atoms with van der Waals surface area (Å²) in [6.45, 7) is 2.21. The molecule has 1 aliphatic rings. The lowest BCUT2D eigenvalue weighted by atomic mass is 10.1. The first-order chi connectivity index (χ1) is 9.80. The average Bonchev–Trinajstić information content (AvgIpc) is 2.38. The normalized spacial score (nSPS) is 17.7. The maximum absolute atomic E-state index is 12.6. The Balaban J connectivity index is 2.13. The van der Waals surface area contributed by atoms with Crippen molar-refractivity contribution in [1.29, 1.82) is 0 Å². The molecular formula is C13H16BrClN2O3S. The van der Waals surface area contributed by atoms with Crippen LogP contribution in [0.4, 0.5) is 0 Å². The predicted octanol–water partition coefficient (Wildman–Crippen LogP) is 2.39. The zero-order valence-electron chi connectivity index (χ0n) is 11.5. The van der Waals surface area contributed by atoms with Crippen molar-refractivity contribution in [2.24, 2.45) is 0 Å². The maximum Gasteiger partial charge on any atom is 0.244 e. The van der Waals surface area contributed by atoms with Gasteiger partial charge in [0.15, 0.2) is 0 Å². The number of carbonyl (C=O) groups is 1. The molecule has 1 aliphatic heterocycles. The van der Waals surface area contributed by atoms with Crippen LogP contribution in [0.2, 0.25) is 5.02 Å². The van der Waals surface area contributed by atoms with Crippen molar-refractivity contribution >= 4 is 43.5 Å². The van der Waals surface area contributed by atoms with Crippen molar-refractivity contribution in [2.75, 3.05) is 13.1 Å². The van der Waals surface area contributed by atoms with Crippen LogP contribution in [-0.2, 0) is 14.8 Å². The van der Waals surface area contributed by atoms with Gasteiger partial charge in [-0.3, -0.25) is 4.79 Å². The summed E-state index contributed by atoms with van der Waals surface area (Å²) in [4.78, 5) is 11.1. The topological polar surface area (TPSA) is 66.5 Å². The molecule has 0 aliphatic carbocycles. The largest absolute Gasteiger partial charge is 0.354 e. The van der Waals surface area contributed by atoms with E-state index in [1.54, 1.807) is 12.1 Å². The Morgan fingerprint density at radius 3 is 2.52 bits per heavy atom. The number of piperidine rings is 1. The maximum atomic E-state index is 12.6. The Kier molecular flexibility index (Phi) is 5.29. The molecule has 21 heavy (non-hydrogen) atoms. The van der Waals surface area contributed by atoms with Gasteiger partial charge in [0.25, 0.3) is 0 Å². The highest BCUT2D eigenvalue weighted by Gasteiger charge is 2.31. The minimum Gasteiger partial charge on any atom is -0.354 e. The quantitative estimate of drug-likeness (QED) is 0.854. The molecule has 0 aromatic heterocycles. The predicted molar refractivity (Wildman–Crippen MR) is 84.7 cm³/mol. The molecule has 8 heteroatoms. The van der Waals surface area contributed by atoms with Crippen molar-refractivity contribution in [2.45, 2.75) is 30.7 Å². The molecule has 5 nitrogen and oxygen atoms in total. The first-order valence-corrected chi connectivity index (χ1v) is 9.14. The zero-order chi connectivity index (χ0) is 15.6. The van der Waals surface area contributed by atoms with Gasteiger partial charge in [0.05, 0.1) is 5.02 Å². The molecule has 0 spiro atoms. The van der Waals surface area contributed by atoms with E-state index in [1.165, 1.54) is 17.3 Å². The monoisotopic (exact) mass is 394 g/mol. The van der Waals surface area contributed by atoms with E-state index in [0.29, 0.717) is 25.9 Å². The third kappa shape index (κ3) is 3.97. The summed E-state index contributed by atoms with van der Waals surface area (Å²) < 4.78 is 27.3. The molecule has 1 heterocycles. The second-order valence-corrected chi connectivity index (χ2v) is 8.18. The Bertz CT molecular complexity index is 643. The van der Waals surface area contributed by atoms with E-state index in [4.69, 9.17) is 11.6 Å². The SMILES string of the molecule is CC(=O)NC1CCN(S(=O)(=O)c2ccc(Br)cc2Cl)CC1. The van der Waals surface area contributed by atoms with E-state index in [1.807, 2.05) is 0 Å². The first kappa shape index (κ1) is 16.7. The van der Waals surface area contributed by atoms with Crippen molar-refractivity contribution in [1.82, 2.24) is 9.62 Å². The van der Waals surface area contributed by atoms with Crippen molar-refractivity contribution in [3.05, 3.63) is 27.7 Å². The number of hydrogen-bond acceptors (Lipinski definition) is 3. The minimum absolute atomic E-state index is 0.0364. The summed E-state index contributed by atoms with van der Waals surface area (Å²) >= 11 is 9.29. The van der Waals surface area contributed by atoms with E-state index in [-0.39, 0.29) is 21.9 Å². The fourth-order valence-electron chi connectivity index (χ4n) is 2.35. The average molecular weight is 396 g/mol. The number of amides is 1. The van der Waals surface area contributed by atoms with Gasteiger partial charge in [-0.25, -0.2) is 8.42 Å². The van der Waals surface area contributed by atoms with Crippen LogP contribution >= 0.6 is 27.5 Å². The third-order valence-corrected chi connectivity index (χ3v) is 6.25. The van der Waals surface area contributed by atoms with E-state index < -0.39 is 10.0 Å². The summed E-state index contributed by atoms with van der Waals surface area (Å²) in [5, 5.41) is 3.02. The van der Waals surface area contributed by atoms with Gasteiger partial charge in [0, 0.05) is 30.5 Å². The van der Waals surface area contributed by atoms with Gasteiger partial charge in [-0.05, 0) is 31.0 Å². The molecule has 1 amide bonds. The molecule has 2 rings (SSSR count). The van der Waals surface area contributed by atoms with Crippen LogP contribution < -0.4 is 5.32 Å². The van der Waals surface area contributed by atoms with Gasteiger partial charge in [-0.15, -0.1) is 0 Å². The molecule has 1 N–H and O–H groups in total. The molecule has 0 unspecified atom stereocenters. The van der Waals surface area contributed by atoms with Crippen molar-refractivity contribution in [3.8, 4) is 0 Å². The highest BCUT2D eigenvalue weighted by molar-refractivity contribution is 9.10. The lowest BCUT2D eigenvalue weighted by Crippen LogP contribution is -2.46. The van der Waals surface area contributed by atoms with E-state index in [9.17, 15) is 13.2 Å². The molecule has 1 aromatic carbocycles. The minimum atomic E-state index is -3.59. The number of halogens is 2. The van der Waals surface area contributed by atoms with Crippen molar-refractivity contribution < 1.29 is 13.2 Å². The zero-order valence-corrected chi connectivity index (χ0v) is 14.6. The van der Waals surface area contributed by atoms with Crippen LogP contribution in [0, 0.1) is 0 Å². The molecule has 1 saturated heterocycles.